The van der Waals surface area contributed by atoms with Crippen molar-refractivity contribution in [1.29, 1.82) is 0 Å². The zero-order chi connectivity index (χ0) is 14.9. The Balaban J connectivity index is 2.35. The molecule has 0 radical (unpaired) electrons. The van der Waals surface area contributed by atoms with E-state index in [0.717, 1.165) is 6.07 Å². The smallest absolute Gasteiger partial charge is 0.358 e. The zero-order valence-corrected chi connectivity index (χ0v) is 10.3. The zero-order valence-electron chi connectivity index (χ0n) is 10.3. The second-order valence-electron chi connectivity index (χ2n) is 4.10. The first-order valence-corrected chi connectivity index (χ1v) is 5.50. The number of benzene rings is 1. The van der Waals surface area contributed by atoms with Gasteiger partial charge >= 0.3 is 11.5 Å². The van der Waals surface area contributed by atoms with Crippen LogP contribution < -0.4 is 0 Å². The average molecular weight is 280 g/mol. The monoisotopic (exact) mass is 280 g/mol. The topological polar surface area (TPSA) is 104 Å². The van der Waals surface area contributed by atoms with Crippen LogP contribution in [0.2, 0.25) is 0 Å². The van der Waals surface area contributed by atoms with Gasteiger partial charge in [0, 0.05) is 11.6 Å². The Hall–Kier alpha value is -2.84. The Bertz CT molecular complexity index is 698. The molecule has 0 spiro atoms. The van der Waals surface area contributed by atoms with Gasteiger partial charge in [0.25, 0.3) is 0 Å². The summed E-state index contributed by atoms with van der Waals surface area (Å²) in [5.74, 6) is -1.29. The fraction of sp³-hybridized carbons (Fsp3) is 0.182. The van der Waals surface area contributed by atoms with Crippen LogP contribution in [-0.4, -0.2) is 19.6 Å². The van der Waals surface area contributed by atoms with E-state index in [1.54, 1.807) is 0 Å². The van der Waals surface area contributed by atoms with Gasteiger partial charge in [0.15, 0.2) is 0 Å². The van der Waals surface area contributed by atoms with Crippen molar-refractivity contribution < 1.29 is 14.2 Å². The van der Waals surface area contributed by atoms with Gasteiger partial charge in [-0.3, -0.25) is 10.1 Å². The molecule has 0 saturated heterocycles. The van der Waals surface area contributed by atoms with Gasteiger partial charge in [-0.1, -0.05) is 12.1 Å². The maximum absolute atomic E-state index is 13.9. The molecule has 0 saturated carbocycles. The van der Waals surface area contributed by atoms with Crippen LogP contribution in [0.25, 0.3) is 0 Å². The van der Waals surface area contributed by atoms with Crippen molar-refractivity contribution in [1.82, 2.24) is 9.78 Å². The highest BCUT2D eigenvalue weighted by molar-refractivity contribution is 5.37. The number of hydrogen-bond acceptors (Lipinski definition) is 5. The summed E-state index contributed by atoms with van der Waals surface area (Å²) in [5.41, 5.74) is -0.265. The highest BCUT2D eigenvalue weighted by Crippen LogP contribution is 2.22. The molecule has 0 aliphatic heterocycles. The summed E-state index contributed by atoms with van der Waals surface area (Å²) >= 11 is 0. The largest absolute Gasteiger partial charge is 0.392 e. The van der Waals surface area contributed by atoms with Crippen LogP contribution in [0.1, 0.15) is 11.1 Å². The average Bonchev–Trinajstić information content (AvgIpc) is 2.72. The lowest BCUT2D eigenvalue weighted by Crippen LogP contribution is -2.05. The summed E-state index contributed by atoms with van der Waals surface area (Å²) in [5, 5.41) is 25.0. The first kappa shape index (κ1) is 13.6. The van der Waals surface area contributed by atoms with Crippen molar-refractivity contribution >= 4 is 11.5 Å². The Morgan fingerprint density at radius 2 is 2.00 bits per heavy atom. The standard InChI is InChI=1S/C11H9FN4O4/c1-7-5-14(13-11(7)16(19)20)6-8-3-2-4-9(10(8)12)15(17)18/h2-5H,6H2,1H3. The molecule has 104 valence electrons. The Labute approximate surface area is 111 Å². The quantitative estimate of drug-likeness (QED) is 0.630. The van der Waals surface area contributed by atoms with E-state index in [0.29, 0.717) is 5.56 Å². The lowest BCUT2D eigenvalue weighted by Gasteiger charge is -2.01. The lowest BCUT2D eigenvalue weighted by atomic mass is 10.2. The van der Waals surface area contributed by atoms with Gasteiger partial charge in [-0.25, -0.2) is 0 Å². The van der Waals surface area contributed by atoms with Crippen molar-refractivity contribution in [3.8, 4) is 0 Å². The molecule has 0 N–H and O–H groups in total. The Morgan fingerprint density at radius 1 is 1.30 bits per heavy atom. The first-order valence-electron chi connectivity index (χ1n) is 5.50. The molecule has 0 bridgehead atoms. The summed E-state index contributed by atoms with van der Waals surface area (Å²) < 4.78 is 15.0. The molecule has 0 aliphatic carbocycles. The van der Waals surface area contributed by atoms with Crippen LogP contribution in [-0.2, 0) is 6.54 Å². The number of hydrogen-bond donors (Lipinski definition) is 0. The van der Waals surface area contributed by atoms with E-state index < -0.39 is 21.4 Å². The van der Waals surface area contributed by atoms with Gasteiger partial charge in [0.05, 0.1) is 28.3 Å². The van der Waals surface area contributed by atoms with Gasteiger partial charge in [-0.2, -0.15) is 9.07 Å². The lowest BCUT2D eigenvalue weighted by molar-refractivity contribution is -0.390. The van der Waals surface area contributed by atoms with Gasteiger partial charge in [0.1, 0.15) is 0 Å². The molecular weight excluding hydrogens is 271 g/mol. The Morgan fingerprint density at radius 3 is 2.55 bits per heavy atom. The molecule has 2 rings (SSSR count). The molecule has 20 heavy (non-hydrogen) atoms. The first-order chi connectivity index (χ1) is 9.40. The normalized spacial score (nSPS) is 10.5. The fourth-order valence-corrected chi connectivity index (χ4v) is 1.78. The van der Waals surface area contributed by atoms with Crippen molar-refractivity contribution in [2.45, 2.75) is 13.5 Å². The fourth-order valence-electron chi connectivity index (χ4n) is 1.78. The summed E-state index contributed by atoms with van der Waals surface area (Å²) in [4.78, 5) is 19.8. The molecule has 0 amide bonds. The molecule has 1 aromatic carbocycles. The highest BCUT2D eigenvalue weighted by Gasteiger charge is 2.21. The van der Waals surface area contributed by atoms with Crippen LogP contribution in [0, 0.1) is 33.0 Å². The van der Waals surface area contributed by atoms with E-state index in [4.69, 9.17) is 0 Å². The summed E-state index contributed by atoms with van der Waals surface area (Å²) in [6, 6.07) is 3.77. The Kier molecular flexibility index (Phi) is 3.42. The minimum atomic E-state index is -0.965. The third kappa shape index (κ3) is 2.46. The second-order valence-corrected chi connectivity index (χ2v) is 4.10. The third-order valence-electron chi connectivity index (χ3n) is 2.68. The van der Waals surface area contributed by atoms with Gasteiger partial charge in [-0.15, -0.1) is 0 Å². The van der Waals surface area contributed by atoms with Crippen LogP contribution in [0.5, 0.6) is 0 Å². The number of rotatable bonds is 4. The minimum Gasteiger partial charge on any atom is -0.358 e. The number of nitrogens with zero attached hydrogens (tertiary/aromatic N) is 4. The van der Waals surface area contributed by atoms with Crippen LogP contribution in [0.4, 0.5) is 15.9 Å². The van der Waals surface area contributed by atoms with E-state index in [9.17, 15) is 24.6 Å². The minimum absolute atomic E-state index is 0.0385. The molecule has 1 heterocycles. The second kappa shape index (κ2) is 5.03. The van der Waals surface area contributed by atoms with Crippen molar-refractivity contribution in [3.63, 3.8) is 0 Å². The summed E-state index contributed by atoms with van der Waals surface area (Å²) in [6.07, 6.45) is 1.39. The van der Waals surface area contributed by atoms with E-state index in [2.05, 4.69) is 5.10 Å². The predicted octanol–water partition coefficient (Wildman–Crippen LogP) is 2.20. The highest BCUT2D eigenvalue weighted by atomic mass is 19.1. The predicted molar refractivity (Wildman–Crippen MR) is 65.8 cm³/mol. The third-order valence-corrected chi connectivity index (χ3v) is 2.68. The number of nitro groups is 2. The molecule has 0 unspecified atom stereocenters. The van der Waals surface area contributed by atoms with Gasteiger partial charge < -0.3 is 10.1 Å². The van der Waals surface area contributed by atoms with Crippen molar-refractivity contribution in [2.24, 2.45) is 0 Å². The van der Waals surface area contributed by atoms with E-state index in [1.165, 1.54) is 29.9 Å². The molecule has 8 nitrogen and oxygen atoms in total. The molecule has 2 aromatic rings. The molecule has 0 atom stereocenters. The van der Waals surface area contributed by atoms with Gasteiger partial charge in [0.2, 0.25) is 5.82 Å². The van der Waals surface area contributed by atoms with E-state index in [1.807, 2.05) is 0 Å². The number of nitro benzene ring substituents is 1. The molecule has 0 fully saturated rings. The molecule has 1 aromatic heterocycles. The van der Waals surface area contributed by atoms with Crippen molar-refractivity contribution in [3.05, 3.63) is 61.6 Å². The molecule has 9 heteroatoms. The van der Waals surface area contributed by atoms with Crippen molar-refractivity contribution in [2.75, 3.05) is 0 Å². The summed E-state index contributed by atoms with van der Waals surface area (Å²) in [6.45, 7) is 1.38. The van der Waals surface area contributed by atoms with Crippen LogP contribution >= 0.6 is 0 Å². The number of aromatic nitrogens is 2. The number of halogens is 1. The van der Waals surface area contributed by atoms with Crippen LogP contribution in [0.3, 0.4) is 0 Å². The van der Waals surface area contributed by atoms with E-state index >= 15 is 0 Å². The maximum Gasteiger partial charge on any atom is 0.392 e. The number of aryl methyl sites for hydroxylation is 1. The molecular formula is C11H9FN4O4. The molecule has 0 aliphatic rings. The summed E-state index contributed by atoms with van der Waals surface area (Å²) in [7, 11) is 0. The van der Waals surface area contributed by atoms with Gasteiger partial charge in [-0.05, 0) is 11.8 Å². The maximum atomic E-state index is 13.9. The van der Waals surface area contributed by atoms with E-state index in [-0.39, 0.29) is 17.9 Å². The SMILES string of the molecule is Cc1cn(Cc2cccc([N+](=O)[O-])c2F)nc1[N+](=O)[O-]. The van der Waals surface area contributed by atoms with Crippen LogP contribution in [0.15, 0.2) is 24.4 Å².